The first-order valence-electron chi connectivity index (χ1n) is 5.63. The number of aromatic nitrogens is 2. The third-order valence-corrected chi connectivity index (χ3v) is 4.00. The molecule has 5 N–H and O–H groups in total. The van der Waals surface area contributed by atoms with Gasteiger partial charge in [-0.2, -0.15) is 0 Å². The van der Waals surface area contributed by atoms with Crippen molar-refractivity contribution in [1.82, 2.24) is 19.4 Å². The van der Waals surface area contributed by atoms with E-state index >= 15 is 0 Å². The molecule has 2 aromatic rings. The Morgan fingerprint density at radius 1 is 1.45 bits per heavy atom. The van der Waals surface area contributed by atoms with Gasteiger partial charge < -0.3 is 10.7 Å². The summed E-state index contributed by atoms with van der Waals surface area (Å²) in [7, 11) is -2.53. The first kappa shape index (κ1) is 14.2. The second-order valence-corrected chi connectivity index (χ2v) is 5.52. The fourth-order valence-electron chi connectivity index (χ4n) is 1.64. The standard InChI is InChI=1S/C10H14N6O3S/c1-12-8(17)6-13-20(18,19)10-9(15-11)14-7-4-2-3-5-16(7)10/h2-5,13,15H,6,11H2,1H3,(H,12,17). The Morgan fingerprint density at radius 3 is 2.85 bits per heavy atom. The van der Waals surface area contributed by atoms with Gasteiger partial charge in [-0.05, 0) is 12.1 Å². The molecule has 2 aromatic heterocycles. The SMILES string of the molecule is CNC(=O)CNS(=O)(=O)c1c(NN)nc2ccccn12. The van der Waals surface area contributed by atoms with E-state index in [1.54, 1.807) is 18.2 Å². The van der Waals surface area contributed by atoms with E-state index in [4.69, 9.17) is 5.84 Å². The number of sulfonamides is 1. The summed E-state index contributed by atoms with van der Waals surface area (Å²) in [6.07, 6.45) is 1.54. The Labute approximate surface area is 115 Å². The highest BCUT2D eigenvalue weighted by Crippen LogP contribution is 2.21. The van der Waals surface area contributed by atoms with Crippen LogP contribution >= 0.6 is 0 Å². The van der Waals surface area contributed by atoms with Crippen LogP contribution in [0.15, 0.2) is 29.4 Å². The average Bonchev–Trinajstić information content (AvgIpc) is 2.84. The minimum atomic E-state index is -3.94. The van der Waals surface area contributed by atoms with Crippen molar-refractivity contribution in [2.24, 2.45) is 5.84 Å². The molecule has 20 heavy (non-hydrogen) atoms. The summed E-state index contributed by atoms with van der Waals surface area (Å²) in [4.78, 5) is 15.2. The number of likely N-dealkylation sites (N-methyl/N-ethyl adjacent to an activating group) is 1. The molecule has 0 aromatic carbocycles. The maximum Gasteiger partial charge on any atom is 0.260 e. The molecule has 0 aliphatic heterocycles. The highest BCUT2D eigenvalue weighted by atomic mass is 32.2. The summed E-state index contributed by atoms with van der Waals surface area (Å²) < 4.78 is 28.1. The van der Waals surface area contributed by atoms with Crippen LogP contribution in [0.25, 0.3) is 5.65 Å². The number of anilines is 1. The zero-order valence-corrected chi connectivity index (χ0v) is 11.4. The van der Waals surface area contributed by atoms with Crippen LogP contribution in [-0.4, -0.2) is 37.3 Å². The Hall–Kier alpha value is -2.17. The summed E-state index contributed by atoms with van der Waals surface area (Å²) in [5, 5.41) is 2.17. The van der Waals surface area contributed by atoms with Gasteiger partial charge in [-0.1, -0.05) is 6.07 Å². The third kappa shape index (κ3) is 2.57. The van der Waals surface area contributed by atoms with Crippen LogP contribution in [-0.2, 0) is 14.8 Å². The number of fused-ring (bicyclic) bond motifs is 1. The first-order valence-corrected chi connectivity index (χ1v) is 7.12. The summed E-state index contributed by atoms with van der Waals surface area (Å²) in [5.74, 6) is 4.84. The molecule has 2 rings (SSSR count). The number of carbonyl (C=O) groups is 1. The second-order valence-electron chi connectivity index (χ2n) is 3.84. The van der Waals surface area contributed by atoms with E-state index in [9.17, 15) is 13.2 Å². The summed E-state index contributed by atoms with van der Waals surface area (Å²) in [6.45, 7) is -0.372. The lowest BCUT2D eigenvalue weighted by atomic mass is 10.5. The van der Waals surface area contributed by atoms with E-state index in [0.29, 0.717) is 5.65 Å². The number of carbonyl (C=O) groups excluding carboxylic acids is 1. The van der Waals surface area contributed by atoms with Gasteiger partial charge in [0.25, 0.3) is 10.0 Å². The number of hydrogen-bond acceptors (Lipinski definition) is 6. The lowest BCUT2D eigenvalue weighted by molar-refractivity contribution is -0.119. The quantitative estimate of drug-likeness (QED) is 0.398. The molecular weight excluding hydrogens is 284 g/mol. The van der Waals surface area contributed by atoms with Crippen molar-refractivity contribution < 1.29 is 13.2 Å². The molecule has 0 saturated heterocycles. The zero-order valence-electron chi connectivity index (χ0n) is 10.6. The molecule has 0 bridgehead atoms. The van der Waals surface area contributed by atoms with Crippen molar-refractivity contribution in [1.29, 1.82) is 0 Å². The van der Waals surface area contributed by atoms with Crippen molar-refractivity contribution in [3.05, 3.63) is 24.4 Å². The van der Waals surface area contributed by atoms with E-state index in [1.165, 1.54) is 17.6 Å². The fraction of sp³-hybridized carbons (Fsp3) is 0.200. The zero-order chi connectivity index (χ0) is 14.8. The second kappa shape index (κ2) is 5.45. The molecular formula is C10H14N6O3S. The van der Waals surface area contributed by atoms with Crippen molar-refractivity contribution in [2.75, 3.05) is 19.0 Å². The molecule has 0 atom stereocenters. The molecule has 1 amide bonds. The van der Waals surface area contributed by atoms with Gasteiger partial charge in [-0.25, -0.2) is 24.0 Å². The van der Waals surface area contributed by atoms with Gasteiger partial charge >= 0.3 is 0 Å². The molecule has 10 heteroatoms. The van der Waals surface area contributed by atoms with Crippen LogP contribution in [0.2, 0.25) is 0 Å². The summed E-state index contributed by atoms with van der Waals surface area (Å²) in [6, 6.07) is 5.02. The van der Waals surface area contributed by atoms with E-state index in [-0.39, 0.29) is 17.4 Å². The van der Waals surface area contributed by atoms with Crippen molar-refractivity contribution in [3.63, 3.8) is 0 Å². The molecule has 0 fully saturated rings. The summed E-state index contributed by atoms with van der Waals surface area (Å²) >= 11 is 0. The minimum absolute atomic E-state index is 0.000562. The number of nitrogens with one attached hydrogen (secondary N) is 3. The number of nitrogens with two attached hydrogens (primary N) is 1. The summed E-state index contributed by atoms with van der Waals surface area (Å²) in [5.41, 5.74) is 2.66. The van der Waals surface area contributed by atoms with E-state index in [1.807, 2.05) is 0 Å². The Bertz CT molecular complexity index is 739. The van der Waals surface area contributed by atoms with Crippen molar-refractivity contribution in [2.45, 2.75) is 5.03 Å². The number of imidazole rings is 1. The molecule has 2 heterocycles. The normalized spacial score (nSPS) is 11.5. The first-order chi connectivity index (χ1) is 9.49. The number of amides is 1. The maximum absolute atomic E-state index is 12.3. The predicted molar refractivity (Wildman–Crippen MR) is 72.3 cm³/mol. The molecule has 0 spiro atoms. The lowest BCUT2D eigenvalue weighted by Gasteiger charge is -2.07. The van der Waals surface area contributed by atoms with Gasteiger partial charge in [0.05, 0.1) is 6.54 Å². The van der Waals surface area contributed by atoms with Gasteiger partial charge in [-0.15, -0.1) is 0 Å². The Morgan fingerprint density at radius 2 is 2.20 bits per heavy atom. The van der Waals surface area contributed by atoms with Crippen LogP contribution in [0.5, 0.6) is 0 Å². The molecule has 9 nitrogen and oxygen atoms in total. The van der Waals surface area contributed by atoms with Crippen LogP contribution in [0.4, 0.5) is 5.82 Å². The number of rotatable bonds is 5. The van der Waals surface area contributed by atoms with Crippen LogP contribution in [0.3, 0.4) is 0 Å². The fourth-order valence-corrected chi connectivity index (χ4v) is 2.87. The van der Waals surface area contributed by atoms with E-state index in [2.05, 4.69) is 20.4 Å². The van der Waals surface area contributed by atoms with Crippen molar-refractivity contribution >= 4 is 27.4 Å². The number of pyridine rings is 1. The number of nitrogen functional groups attached to an aromatic ring is 1. The Kier molecular flexibility index (Phi) is 3.88. The number of nitrogens with zero attached hydrogens (tertiary/aromatic N) is 2. The molecule has 108 valence electrons. The average molecular weight is 298 g/mol. The topological polar surface area (TPSA) is 131 Å². The van der Waals surface area contributed by atoms with Gasteiger partial charge in [0.2, 0.25) is 5.91 Å². The molecule has 0 radical (unpaired) electrons. The number of hydrazine groups is 1. The highest BCUT2D eigenvalue weighted by molar-refractivity contribution is 7.89. The van der Waals surface area contributed by atoms with Crippen molar-refractivity contribution in [3.8, 4) is 0 Å². The third-order valence-electron chi connectivity index (χ3n) is 2.58. The number of hydrogen-bond donors (Lipinski definition) is 4. The van der Waals surface area contributed by atoms with E-state index < -0.39 is 15.9 Å². The monoisotopic (exact) mass is 298 g/mol. The van der Waals surface area contributed by atoms with Crippen LogP contribution in [0.1, 0.15) is 0 Å². The van der Waals surface area contributed by atoms with Gasteiger partial charge in [-0.3, -0.25) is 9.20 Å². The van der Waals surface area contributed by atoms with Gasteiger partial charge in [0, 0.05) is 13.2 Å². The van der Waals surface area contributed by atoms with Crippen LogP contribution in [0, 0.1) is 0 Å². The van der Waals surface area contributed by atoms with Gasteiger partial charge in [0.1, 0.15) is 5.65 Å². The van der Waals surface area contributed by atoms with Gasteiger partial charge in [0.15, 0.2) is 10.8 Å². The molecule has 0 aliphatic carbocycles. The molecule has 0 saturated carbocycles. The largest absolute Gasteiger partial charge is 0.358 e. The Balaban J connectivity index is 2.47. The lowest BCUT2D eigenvalue weighted by Crippen LogP contribution is -2.36. The molecule has 0 unspecified atom stereocenters. The minimum Gasteiger partial charge on any atom is -0.358 e. The molecule has 0 aliphatic rings. The maximum atomic E-state index is 12.3. The predicted octanol–water partition coefficient (Wildman–Crippen LogP) is -1.36. The smallest absolute Gasteiger partial charge is 0.260 e. The van der Waals surface area contributed by atoms with E-state index in [0.717, 1.165) is 0 Å². The highest BCUT2D eigenvalue weighted by Gasteiger charge is 2.25. The van der Waals surface area contributed by atoms with Crippen LogP contribution < -0.4 is 21.3 Å².